The standard InChI is InChI=1S/C12H13N2.BF4/c1-14-9-7-10-4-2-3-5-11(10)12(14)6-8-13;2-1(3,4)5/h2-5H,6-7,9H2,1H3;/q+1;-1. The Labute approximate surface area is 109 Å². The average Bonchev–Trinajstić information content (AvgIpc) is 2.31. The molecule has 0 aromatic heterocycles. The number of hydrogen-bond donors (Lipinski definition) is 0. The molecule has 0 atom stereocenters. The Morgan fingerprint density at radius 1 is 1.26 bits per heavy atom. The van der Waals surface area contributed by atoms with E-state index in [-0.39, 0.29) is 0 Å². The summed E-state index contributed by atoms with van der Waals surface area (Å²) >= 11 is 0. The first-order valence-electron chi connectivity index (χ1n) is 5.72. The minimum absolute atomic E-state index is 0.507. The smallest absolute Gasteiger partial charge is 0.418 e. The van der Waals surface area contributed by atoms with E-state index >= 15 is 0 Å². The van der Waals surface area contributed by atoms with Gasteiger partial charge in [0.15, 0.2) is 5.71 Å². The van der Waals surface area contributed by atoms with Gasteiger partial charge in [-0.2, -0.15) is 5.26 Å². The third-order valence-electron chi connectivity index (χ3n) is 2.75. The Morgan fingerprint density at radius 3 is 2.42 bits per heavy atom. The van der Waals surface area contributed by atoms with Crippen LogP contribution >= 0.6 is 0 Å². The molecule has 0 unspecified atom stereocenters. The highest BCUT2D eigenvalue weighted by atomic mass is 19.5. The summed E-state index contributed by atoms with van der Waals surface area (Å²) in [6, 6.07) is 10.6. The number of nitriles is 1. The van der Waals surface area contributed by atoms with Crippen molar-refractivity contribution in [3.8, 4) is 6.07 Å². The first-order valence-corrected chi connectivity index (χ1v) is 5.72. The van der Waals surface area contributed by atoms with Crippen LogP contribution < -0.4 is 0 Å². The van der Waals surface area contributed by atoms with Crippen LogP contribution in [0.25, 0.3) is 0 Å². The van der Waals surface area contributed by atoms with Crippen LogP contribution in [0.5, 0.6) is 0 Å². The minimum Gasteiger partial charge on any atom is -0.418 e. The van der Waals surface area contributed by atoms with Crippen molar-refractivity contribution in [1.29, 1.82) is 5.26 Å². The van der Waals surface area contributed by atoms with Gasteiger partial charge in [-0.15, -0.1) is 0 Å². The highest BCUT2D eigenvalue weighted by molar-refractivity contribution is 6.50. The van der Waals surface area contributed by atoms with E-state index < -0.39 is 7.25 Å². The Balaban J connectivity index is 0.000000312. The Kier molecular flexibility index (Phi) is 5.10. The highest BCUT2D eigenvalue weighted by Gasteiger charge is 2.22. The number of benzene rings is 1. The van der Waals surface area contributed by atoms with Crippen molar-refractivity contribution in [1.82, 2.24) is 0 Å². The van der Waals surface area contributed by atoms with Crippen molar-refractivity contribution in [2.24, 2.45) is 0 Å². The minimum atomic E-state index is -6.00. The third kappa shape index (κ3) is 5.12. The average molecular weight is 272 g/mol. The van der Waals surface area contributed by atoms with E-state index in [9.17, 15) is 17.3 Å². The lowest BCUT2D eigenvalue weighted by Crippen LogP contribution is -2.26. The van der Waals surface area contributed by atoms with Crippen LogP contribution in [0.15, 0.2) is 24.3 Å². The fourth-order valence-corrected chi connectivity index (χ4v) is 1.95. The second-order valence-corrected chi connectivity index (χ2v) is 4.11. The maximum Gasteiger partial charge on any atom is 0.673 e. The lowest BCUT2D eigenvalue weighted by molar-refractivity contribution is -0.498. The van der Waals surface area contributed by atoms with Crippen LogP contribution in [0.4, 0.5) is 17.3 Å². The van der Waals surface area contributed by atoms with Crippen molar-refractivity contribution in [2.75, 3.05) is 13.6 Å². The van der Waals surface area contributed by atoms with Crippen LogP contribution in [0.3, 0.4) is 0 Å². The largest absolute Gasteiger partial charge is 0.673 e. The molecule has 0 saturated carbocycles. The zero-order valence-corrected chi connectivity index (χ0v) is 10.4. The lowest BCUT2D eigenvalue weighted by Gasteiger charge is -2.14. The van der Waals surface area contributed by atoms with Gasteiger partial charge in [0.2, 0.25) is 0 Å². The van der Waals surface area contributed by atoms with Gasteiger partial charge in [-0.25, -0.2) is 4.58 Å². The lowest BCUT2D eigenvalue weighted by atomic mass is 9.96. The first kappa shape index (κ1) is 15.2. The van der Waals surface area contributed by atoms with E-state index in [0.29, 0.717) is 6.42 Å². The molecular formula is C12H13BF4N2. The van der Waals surface area contributed by atoms with Crippen molar-refractivity contribution in [2.45, 2.75) is 12.8 Å². The summed E-state index contributed by atoms with van der Waals surface area (Å²) in [6.07, 6.45) is 1.59. The Morgan fingerprint density at radius 2 is 1.84 bits per heavy atom. The van der Waals surface area contributed by atoms with Crippen molar-refractivity contribution in [3.05, 3.63) is 35.4 Å². The summed E-state index contributed by atoms with van der Waals surface area (Å²) in [5.74, 6) is 0. The molecule has 1 aromatic carbocycles. The van der Waals surface area contributed by atoms with Gasteiger partial charge in [0, 0.05) is 12.0 Å². The second-order valence-electron chi connectivity index (χ2n) is 4.11. The SMILES string of the molecule is C[N+]1=C(CC#N)c2ccccc2CC1.F[B-](F)(F)F. The van der Waals surface area contributed by atoms with E-state index in [1.165, 1.54) is 11.1 Å². The second kappa shape index (κ2) is 6.37. The molecule has 19 heavy (non-hydrogen) atoms. The summed E-state index contributed by atoms with van der Waals surface area (Å²) in [5.41, 5.74) is 3.79. The van der Waals surface area contributed by atoms with Gasteiger partial charge in [-0.3, -0.25) is 0 Å². The van der Waals surface area contributed by atoms with E-state index in [1.54, 1.807) is 0 Å². The van der Waals surface area contributed by atoms with Gasteiger partial charge in [0.05, 0.1) is 6.07 Å². The fraction of sp³-hybridized carbons (Fsp3) is 0.333. The monoisotopic (exact) mass is 272 g/mol. The summed E-state index contributed by atoms with van der Waals surface area (Å²) in [6.45, 7) is 1.02. The number of fused-ring (bicyclic) bond motifs is 1. The maximum atomic E-state index is 9.75. The van der Waals surface area contributed by atoms with Crippen LogP contribution in [0.2, 0.25) is 0 Å². The quantitative estimate of drug-likeness (QED) is 0.438. The fourth-order valence-electron chi connectivity index (χ4n) is 1.95. The molecule has 0 spiro atoms. The van der Waals surface area contributed by atoms with Crippen LogP contribution in [-0.4, -0.2) is 31.1 Å². The maximum absolute atomic E-state index is 9.75. The molecule has 7 heteroatoms. The van der Waals surface area contributed by atoms with Gasteiger partial charge in [-0.05, 0) is 11.6 Å². The summed E-state index contributed by atoms with van der Waals surface area (Å²) in [4.78, 5) is 0. The third-order valence-corrected chi connectivity index (χ3v) is 2.75. The molecule has 0 saturated heterocycles. The van der Waals surface area contributed by atoms with Crippen LogP contribution in [0.1, 0.15) is 17.5 Å². The molecule has 0 N–H and O–H groups in total. The van der Waals surface area contributed by atoms with Gasteiger partial charge >= 0.3 is 7.25 Å². The van der Waals surface area contributed by atoms with E-state index in [2.05, 4.69) is 35.9 Å². The molecule has 1 aliphatic heterocycles. The highest BCUT2D eigenvalue weighted by Crippen LogP contribution is 2.16. The predicted octanol–water partition coefficient (Wildman–Crippen LogP) is 2.89. The van der Waals surface area contributed by atoms with E-state index in [4.69, 9.17) is 5.26 Å². The molecule has 2 nitrogen and oxygen atoms in total. The topological polar surface area (TPSA) is 26.8 Å². The van der Waals surface area contributed by atoms with E-state index in [0.717, 1.165) is 18.7 Å². The molecule has 102 valence electrons. The van der Waals surface area contributed by atoms with Gasteiger partial charge in [-0.1, -0.05) is 18.2 Å². The Hall–Kier alpha value is -1.84. The van der Waals surface area contributed by atoms with Gasteiger partial charge in [0.25, 0.3) is 0 Å². The number of nitrogens with zero attached hydrogens (tertiary/aromatic N) is 2. The van der Waals surface area contributed by atoms with Gasteiger partial charge < -0.3 is 17.3 Å². The van der Waals surface area contributed by atoms with Crippen molar-refractivity contribution in [3.63, 3.8) is 0 Å². The number of rotatable bonds is 1. The molecule has 1 heterocycles. The predicted molar refractivity (Wildman–Crippen MR) is 65.7 cm³/mol. The summed E-state index contributed by atoms with van der Waals surface area (Å²) in [7, 11) is -3.94. The molecule has 0 aliphatic carbocycles. The molecular weight excluding hydrogens is 259 g/mol. The van der Waals surface area contributed by atoms with Crippen LogP contribution in [0, 0.1) is 11.3 Å². The van der Waals surface area contributed by atoms with Crippen molar-refractivity contribution >= 4 is 13.0 Å². The van der Waals surface area contributed by atoms with E-state index in [1.807, 2.05) is 6.07 Å². The number of halogens is 4. The molecule has 0 fully saturated rings. The van der Waals surface area contributed by atoms with Gasteiger partial charge in [0.1, 0.15) is 20.0 Å². The van der Waals surface area contributed by atoms with Crippen LogP contribution in [-0.2, 0) is 6.42 Å². The first-order chi connectivity index (χ1) is 8.83. The zero-order chi connectivity index (χ0) is 14.5. The molecule has 1 aliphatic rings. The summed E-state index contributed by atoms with van der Waals surface area (Å²) in [5, 5.41) is 8.76. The molecule has 0 radical (unpaired) electrons. The Bertz CT molecular complexity index is 511. The molecule has 2 rings (SSSR count). The molecule has 0 amide bonds. The molecule has 0 bridgehead atoms. The van der Waals surface area contributed by atoms with Crippen molar-refractivity contribution < 1.29 is 21.8 Å². The molecule has 1 aromatic rings. The summed E-state index contributed by atoms with van der Waals surface area (Å²) < 4.78 is 41.2. The number of likely N-dealkylation sites (N-methyl/N-ethyl adjacent to an activating group) is 1. The normalized spacial score (nSPS) is 14.1. The zero-order valence-electron chi connectivity index (χ0n) is 10.4. The number of hydrogen-bond acceptors (Lipinski definition) is 1.